The van der Waals surface area contributed by atoms with Crippen LogP contribution >= 0.6 is 0 Å². The van der Waals surface area contributed by atoms with Gasteiger partial charge < -0.3 is 10.4 Å². The first-order chi connectivity index (χ1) is 6.81. The van der Waals surface area contributed by atoms with E-state index in [0.717, 1.165) is 0 Å². The SMILES string of the molecule is CCC(C)(CNC(=O)NN(C)C)C(=O)O. The van der Waals surface area contributed by atoms with Crippen molar-refractivity contribution in [3.63, 3.8) is 0 Å². The summed E-state index contributed by atoms with van der Waals surface area (Å²) in [6.45, 7) is 3.49. The Kier molecular flexibility index (Phi) is 5.07. The third-order valence-electron chi connectivity index (χ3n) is 2.26. The molecule has 0 heterocycles. The van der Waals surface area contributed by atoms with Crippen molar-refractivity contribution < 1.29 is 14.7 Å². The highest BCUT2D eigenvalue weighted by Crippen LogP contribution is 2.19. The van der Waals surface area contributed by atoms with Gasteiger partial charge in [0.15, 0.2) is 0 Å². The van der Waals surface area contributed by atoms with Gasteiger partial charge in [0.1, 0.15) is 0 Å². The van der Waals surface area contributed by atoms with E-state index in [2.05, 4.69) is 10.7 Å². The number of nitrogens with one attached hydrogen (secondary N) is 2. The normalized spacial score (nSPS) is 14.5. The molecule has 0 saturated heterocycles. The Balaban J connectivity index is 4.12. The van der Waals surface area contributed by atoms with Gasteiger partial charge in [-0.05, 0) is 13.3 Å². The van der Waals surface area contributed by atoms with Gasteiger partial charge in [-0.1, -0.05) is 6.92 Å². The Hall–Kier alpha value is -1.30. The fourth-order valence-electron chi connectivity index (χ4n) is 0.870. The van der Waals surface area contributed by atoms with Gasteiger partial charge in [0, 0.05) is 20.6 Å². The van der Waals surface area contributed by atoms with E-state index in [1.807, 2.05) is 0 Å². The summed E-state index contributed by atoms with van der Waals surface area (Å²) >= 11 is 0. The predicted molar refractivity (Wildman–Crippen MR) is 56.3 cm³/mol. The Morgan fingerprint density at radius 3 is 2.27 bits per heavy atom. The minimum absolute atomic E-state index is 0.110. The van der Waals surface area contributed by atoms with Crippen LogP contribution in [0.3, 0.4) is 0 Å². The van der Waals surface area contributed by atoms with Crippen LogP contribution in [0.2, 0.25) is 0 Å². The number of hydrogen-bond acceptors (Lipinski definition) is 3. The minimum atomic E-state index is -0.913. The molecule has 0 aliphatic rings. The van der Waals surface area contributed by atoms with Gasteiger partial charge >= 0.3 is 12.0 Å². The summed E-state index contributed by atoms with van der Waals surface area (Å²) in [4.78, 5) is 22.1. The standard InChI is InChI=1S/C9H19N3O3/c1-5-9(2,7(13)14)6-10-8(15)11-12(3)4/h5-6H2,1-4H3,(H,13,14)(H2,10,11,15). The number of carbonyl (C=O) groups excluding carboxylic acids is 1. The van der Waals surface area contributed by atoms with Crippen molar-refractivity contribution in [1.82, 2.24) is 15.8 Å². The largest absolute Gasteiger partial charge is 0.481 e. The average molecular weight is 217 g/mol. The molecule has 2 amide bonds. The summed E-state index contributed by atoms with van der Waals surface area (Å²) in [5.74, 6) is -0.907. The zero-order valence-corrected chi connectivity index (χ0v) is 9.63. The molecule has 88 valence electrons. The van der Waals surface area contributed by atoms with E-state index in [9.17, 15) is 9.59 Å². The highest BCUT2D eigenvalue weighted by Gasteiger charge is 2.31. The first kappa shape index (κ1) is 13.7. The summed E-state index contributed by atoms with van der Waals surface area (Å²) in [5.41, 5.74) is 1.56. The van der Waals surface area contributed by atoms with Crippen molar-refractivity contribution in [2.75, 3.05) is 20.6 Å². The number of amides is 2. The predicted octanol–water partition coefficient (Wildman–Crippen LogP) is 0.263. The second kappa shape index (κ2) is 5.55. The maximum Gasteiger partial charge on any atom is 0.329 e. The van der Waals surface area contributed by atoms with E-state index in [0.29, 0.717) is 6.42 Å². The molecule has 0 bridgehead atoms. The molecular formula is C9H19N3O3. The summed E-state index contributed by atoms with van der Waals surface area (Å²) < 4.78 is 0. The van der Waals surface area contributed by atoms with E-state index in [1.165, 1.54) is 5.01 Å². The van der Waals surface area contributed by atoms with Crippen LogP contribution in [0, 0.1) is 5.41 Å². The molecule has 0 aromatic heterocycles. The second-order valence-electron chi connectivity index (χ2n) is 3.91. The molecule has 0 radical (unpaired) electrons. The van der Waals surface area contributed by atoms with E-state index >= 15 is 0 Å². The van der Waals surface area contributed by atoms with Gasteiger partial charge in [0.2, 0.25) is 0 Å². The summed E-state index contributed by atoms with van der Waals surface area (Å²) in [6, 6.07) is -0.402. The zero-order valence-electron chi connectivity index (χ0n) is 9.63. The molecule has 1 atom stereocenters. The molecule has 15 heavy (non-hydrogen) atoms. The molecule has 6 nitrogen and oxygen atoms in total. The van der Waals surface area contributed by atoms with E-state index in [1.54, 1.807) is 27.9 Å². The quantitative estimate of drug-likeness (QED) is 0.577. The molecule has 1 unspecified atom stereocenters. The number of hydrazine groups is 1. The number of rotatable bonds is 5. The Labute approximate surface area is 89.6 Å². The van der Waals surface area contributed by atoms with Crippen molar-refractivity contribution in [2.24, 2.45) is 5.41 Å². The minimum Gasteiger partial charge on any atom is -0.481 e. The molecule has 0 aliphatic carbocycles. The first-order valence-corrected chi connectivity index (χ1v) is 4.77. The van der Waals surface area contributed by atoms with Crippen LogP contribution in [-0.2, 0) is 4.79 Å². The highest BCUT2D eigenvalue weighted by atomic mass is 16.4. The molecule has 0 rings (SSSR count). The molecule has 6 heteroatoms. The van der Waals surface area contributed by atoms with E-state index in [-0.39, 0.29) is 6.54 Å². The number of hydrogen-bond donors (Lipinski definition) is 3. The Bertz CT molecular complexity index is 243. The summed E-state index contributed by atoms with van der Waals surface area (Å²) in [5, 5.41) is 12.9. The topological polar surface area (TPSA) is 81.7 Å². The van der Waals surface area contributed by atoms with Crippen LogP contribution in [0.15, 0.2) is 0 Å². The van der Waals surface area contributed by atoms with Gasteiger partial charge in [-0.2, -0.15) is 0 Å². The second-order valence-corrected chi connectivity index (χ2v) is 3.91. The van der Waals surface area contributed by atoms with Gasteiger partial charge in [-0.25, -0.2) is 9.80 Å². The maximum atomic E-state index is 11.2. The fraction of sp³-hybridized carbons (Fsp3) is 0.778. The van der Waals surface area contributed by atoms with E-state index in [4.69, 9.17) is 5.11 Å². The summed E-state index contributed by atoms with van der Waals surface area (Å²) in [7, 11) is 3.35. The monoisotopic (exact) mass is 217 g/mol. The third kappa shape index (κ3) is 4.64. The highest BCUT2D eigenvalue weighted by molar-refractivity contribution is 5.77. The van der Waals surface area contributed by atoms with Gasteiger partial charge in [-0.15, -0.1) is 0 Å². The average Bonchev–Trinajstić information content (AvgIpc) is 2.12. The lowest BCUT2D eigenvalue weighted by atomic mass is 9.88. The number of carbonyl (C=O) groups is 2. The van der Waals surface area contributed by atoms with Crippen LogP contribution in [0.5, 0.6) is 0 Å². The van der Waals surface area contributed by atoms with Crippen LogP contribution in [0.1, 0.15) is 20.3 Å². The molecule has 0 aromatic carbocycles. The Morgan fingerprint density at radius 2 is 1.93 bits per heavy atom. The lowest BCUT2D eigenvalue weighted by molar-refractivity contribution is -0.147. The van der Waals surface area contributed by atoms with Crippen molar-refractivity contribution >= 4 is 12.0 Å². The van der Waals surface area contributed by atoms with Crippen molar-refractivity contribution in [2.45, 2.75) is 20.3 Å². The zero-order chi connectivity index (χ0) is 12.1. The fourth-order valence-corrected chi connectivity index (χ4v) is 0.870. The molecule has 0 fully saturated rings. The molecule has 0 spiro atoms. The third-order valence-corrected chi connectivity index (χ3v) is 2.26. The van der Waals surface area contributed by atoms with Crippen molar-refractivity contribution in [3.05, 3.63) is 0 Å². The lowest BCUT2D eigenvalue weighted by Crippen LogP contribution is -2.48. The van der Waals surface area contributed by atoms with E-state index < -0.39 is 17.4 Å². The number of aliphatic carboxylic acids is 1. The number of carboxylic acids is 1. The first-order valence-electron chi connectivity index (χ1n) is 4.77. The van der Waals surface area contributed by atoms with Crippen molar-refractivity contribution in [1.29, 1.82) is 0 Å². The summed E-state index contributed by atoms with van der Waals surface area (Å²) in [6.07, 6.45) is 0.463. The number of urea groups is 1. The van der Waals surface area contributed by atoms with Gasteiger partial charge in [0.05, 0.1) is 5.41 Å². The number of nitrogens with zero attached hydrogens (tertiary/aromatic N) is 1. The molecule has 0 saturated carbocycles. The van der Waals surface area contributed by atoms with Crippen LogP contribution in [0.25, 0.3) is 0 Å². The van der Waals surface area contributed by atoms with Crippen LogP contribution in [-0.4, -0.2) is 42.8 Å². The van der Waals surface area contributed by atoms with Crippen LogP contribution < -0.4 is 10.7 Å². The van der Waals surface area contributed by atoms with Gasteiger partial charge in [0.25, 0.3) is 0 Å². The number of carboxylic acid groups (broad SMARTS) is 1. The smallest absolute Gasteiger partial charge is 0.329 e. The molecule has 0 aliphatic heterocycles. The molecule has 0 aromatic rings. The molecular weight excluding hydrogens is 198 g/mol. The van der Waals surface area contributed by atoms with Crippen LogP contribution in [0.4, 0.5) is 4.79 Å². The Morgan fingerprint density at radius 1 is 1.40 bits per heavy atom. The van der Waals surface area contributed by atoms with Gasteiger partial charge in [-0.3, -0.25) is 10.2 Å². The lowest BCUT2D eigenvalue weighted by Gasteiger charge is -2.23. The van der Waals surface area contributed by atoms with Crippen molar-refractivity contribution in [3.8, 4) is 0 Å². The maximum absolute atomic E-state index is 11.2. The molecule has 3 N–H and O–H groups in total.